The lowest BCUT2D eigenvalue weighted by atomic mass is 10.2. The molecule has 0 unspecified atom stereocenters. The highest BCUT2D eigenvalue weighted by Crippen LogP contribution is 2.11. The van der Waals surface area contributed by atoms with Gasteiger partial charge in [0.25, 0.3) is 0 Å². The molecule has 2 heterocycles. The van der Waals surface area contributed by atoms with Gasteiger partial charge in [0.05, 0.1) is 11.5 Å². The van der Waals surface area contributed by atoms with Crippen LogP contribution in [0.25, 0.3) is 0 Å². The molecule has 0 N–H and O–H groups in total. The van der Waals surface area contributed by atoms with Crippen LogP contribution in [0.1, 0.15) is 5.56 Å². The molecule has 0 aliphatic carbocycles. The molecule has 0 saturated carbocycles. The third kappa shape index (κ3) is 3.26. The summed E-state index contributed by atoms with van der Waals surface area (Å²) in [7, 11) is -2.78. The van der Waals surface area contributed by atoms with Crippen molar-refractivity contribution in [2.75, 3.05) is 24.6 Å². The molecule has 0 aromatic carbocycles. The Kier molecular flexibility index (Phi) is 3.61. The number of halogens is 1. The molecule has 4 nitrogen and oxygen atoms in total. The van der Waals surface area contributed by atoms with Crippen LogP contribution in [0.4, 0.5) is 0 Å². The van der Waals surface area contributed by atoms with Gasteiger partial charge in [-0.3, -0.25) is 4.90 Å². The number of rotatable bonds is 2. The highest BCUT2D eigenvalue weighted by molar-refractivity contribution is 9.10. The molecular weight excluding hydrogens is 292 g/mol. The second kappa shape index (κ2) is 4.81. The number of hydrogen-bond acceptors (Lipinski definition) is 4. The molecular formula is C10H13BrN2O2S. The topological polar surface area (TPSA) is 50.3 Å². The summed E-state index contributed by atoms with van der Waals surface area (Å²) in [5.74, 6) is 0.550. The molecule has 0 amide bonds. The predicted octanol–water partition coefficient (Wildman–Crippen LogP) is 1.07. The molecule has 1 fully saturated rings. The fourth-order valence-corrected chi connectivity index (χ4v) is 3.18. The quantitative estimate of drug-likeness (QED) is 0.767. The van der Waals surface area contributed by atoms with Crippen LogP contribution in [0, 0.1) is 0 Å². The molecule has 6 heteroatoms. The molecule has 1 aliphatic heterocycles. The molecule has 2 rings (SSSR count). The normalized spacial score (nSPS) is 20.8. The van der Waals surface area contributed by atoms with Crippen LogP contribution in [0.5, 0.6) is 0 Å². The van der Waals surface area contributed by atoms with Gasteiger partial charge < -0.3 is 0 Å². The minimum Gasteiger partial charge on any atom is -0.297 e. The maximum atomic E-state index is 11.2. The van der Waals surface area contributed by atoms with Crippen molar-refractivity contribution in [3.8, 4) is 0 Å². The first kappa shape index (κ1) is 12.0. The van der Waals surface area contributed by atoms with Crippen molar-refractivity contribution in [3.63, 3.8) is 0 Å². The zero-order chi connectivity index (χ0) is 11.6. The summed E-state index contributed by atoms with van der Waals surface area (Å²) in [6, 6.07) is 3.90. The van der Waals surface area contributed by atoms with Crippen molar-refractivity contribution < 1.29 is 8.42 Å². The van der Waals surface area contributed by atoms with Crippen LogP contribution in [0.15, 0.2) is 22.9 Å². The summed E-state index contributed by atoms with van der Waals surface area (Å²) in [6.07, 6.45) is 1.81. The zero-order valence-electron chi connectivity index (χ0n) is 8.76. The molecule has 0 radical (unpaired) electrons. The lowest BCUT2D eigenvalue weighted by Gasteiger charge is -2.26. The van der Waals surface area contributed by atoms with E-state index in [1.807, 2.05) is 18.3 Å². The van der Waals surface area contributed by atoms with E-state index >= 15 is 0 Å². The number of hydrogen-bond donors (Lipinski definition) is 0. The summed E-state index contributed by atoms with van der Waals surface area (Å²) in [5.41, 5.74) is 1.11. The van der Waals surface area contributed by atoms with Gasteiger partial charge in [-0.2, -0.15) is 0 Å². The Morgan fingerprint density at radius 3 is 2.56 bits per heavy atom. The lowest BCUT2D eigenvalue weighted by molar-refractivity contribution is 0.287. The van der Waals surface area contributed by atoms with Crippen molar-refractivity contribution >= 4 is 25.8 Å². The second-order valence-electron chi connectivity index (χ2n) is 3.92. The molecule has 1 saturated heterocycles. The Morgan fingerprint density at radius 2 is 2.00 bits per heavy atom. The van der Waals surface area contributed by atoms with Gasteiger partial charge in [0.15, 0.2) is 9.84 Å². The number of pyridine rings is 1. The van der Waals surface area contributed by atoms with E-state index in [1.54, 1.807) is 0 Å². The van der Waals surface area contributed by atoms with Gasteiger partial charge in [0.2, 0.25) is 0 Å². The molecule has 88 valence electrons. The maximum Gasteiger partial charge on any atom is 0.152 e. The molecule has 1 aromatic rings. The van der Waals surface area contributed by atoms with Crippen molar-refractivity contribution in [1.82, 2.24) is 9.88 Å². The van der Waals surface area contributed by atoms with Gasteiger partial charge in [-0.1, -0.05) is 6.07 Å². The van der Waals surface area contributed by atoms with Crippen molar-refractivity contribution in [3.05, 3.63) is 28.5 Å². The first-order valence-electron chi connectivity index (χ1n) is 5.08. The van der Waals surface area contributed by atoms with Gasteiger partial charge in [0.1, 0.15) is 4.60 Å². The maximum absolute atomic E-state index is 11.2. The van der Waals surface area contributed by atoms with E-state index < -0.39 is 9.84 Å². The number of aromatic nitrogens is 1. The molecule has 0 spiro atoms. The van der Waals surface area contributed by atoms with Crippen molar-refractivity contribution in [2.45, 2.75) is 6.54 Å². The number of sulfone groups is 1. The van der Waals surface area contributed by atoms with E-state index in [9.17, 15) is 8.42 Å². The third-order valence-corrected chi connectivity index (χ3v) is 4.71. The molecule has 0 bridgehead atoms. The summed E-state index contributed by atoms with van der Waals surface area (Å²) < 4.78 is 23.3. The second-order valence-corrected chi connectivity index (χ2v) is 7.03. The lowest BCUT2D eigenvalue weighted by Crippen LogP contribution is -2.39. The highest BCUT2D eigenvalue weighted by Gasteiger charge is 2.21. The van der Waals surface area contributed by atoms with E-state index in [-0.39, 0.29) is 11.5 Å². The van der Waals surface area contributed by atoms with E-state index in [4.69, 9.17) is 0 Å². The van der Waals surface area contributed by atoms with Crippen molar-refractivity contribution in [2.24, 2.45) is 0 Å². The Labute approximate surface area is 104 Å². The van der Waals surface area contributed by atoms with Crippen LogP contribution in [-0.2, 0) is 16.4 Å². The fraction of sp³-hybridized carbons (Fsp3) is 0.500. The van der Waals surface area contributed by atoms with E-state index in [1.165, 1.54) is 0 Å². The highest BCUT2D eigenvalue weighted by atomic mass is 79.9. The average Bonchev–Trinajstić information content (AvgIpc) is 2.24. The van der Waals surface area contributed by atoms with Crippen LogP contribution in [-0.4, -0.2) is 42.9 Å². The minimum atomic E-state index is -2.78. The number of nitrogens with zero attached hydrogens (tertiary/aromatic N) is 2. The predicted molar refractivity (Wildman–Crippen MR) is 65.9 cm³/mol. The molecule has 1 aliphatic rings. The minimum absolute atomic E-state index is 0.275. The Morgan fingerprint density at radius 1 is 1.31 bits per heavy atom. The molecule has 1 aromatic heterocycles. The van der Waals surface area contributed by atoms with Gasteiger partial charge in [-0.15, -0.1) is 0 Å². The van der Waals surface area contributed by atoms with Crippen LogP contribution >= 0.6 is 15.9 Å². The smallest absolute Gasteiger partial charge is 0.152 e. The van der Waals surface area contributed by atoms with Crippen LogP contribution < -0.4 is 0 Å². The first-order chi connectivity index (χ1) is 7.55. The summed E-state index contributed by atoms with van der Waals surface area (Å²) in [6.45, 7) is 2.02. The van der Waals surface area contributed by atoms with Crippen molar-refractivity contribution in [1.29, 1.82) is 0 Å². The van der Waals surface area contributed by atoms with E-state index in [0.29, 0.717) is 13.1 Å². The molecule has 16 heavy (non-hydrogen) atoms. The molecule has 0 atom stereocenters. The zero-order valence-corrected chi connectivity index (χ0v) is 11.2. The monoisotopic (exact) mass is 304 g/mol. The van der Waals surface area contributed by atoms with E-state index in [0.717, 1.165) is 16.7 Å². The Bertz CT molecular complexity index is 444. The standard InChI is InChI=1S/C10H13BrN2O2S/c11-10-2-1-9(7-12-10)8-13-3-5-16(14,15)6-4-13/h1-2,7H,3-6,8H2. The Hall–Kier alpha value is -0.460. The van der Waals surface area contributed by atoms with Gasteiger partial charge >= 0.3 is 0 Å². The first-order valence-corrected chi connectivity index (χ1v) is 7.70. The summed E-state index contributed by atoms with van der Waals surface area (Å²) in [5, 5.41) is 0. The van der Waals surface area contributed by atoms with E-state index in [2.05, 4.69) is 25.8 Å². The average molecular weight is 305 g/mol. The SMILES string of the molecule is O=S1(=O)CCN(Cc2ccc(Br)nc2)CC1. The summed E-state index contributed by atoms with van der Waals surface area (Å²) >= 11 is 3.28. The fourth-order valence-electron chi connectivity index (χ4n) is 1.67. The largest absolute Gasteiger partial charge is 0.297 e. The van der Waals surface area contributed by atoms with Crippen LogP contribution in [0.3, 0.4) is 0 Å². The Balaban J connectivity index is 1.94. The summed E-state index contributed by atoms with van der Waals surface area (Å²) in [4.78, 5) is 6.29. The third-order valence-electron chi connectivity index (χ3n) is 2.63. The van der Waals surface area contributed by atoms with Gasteiger partial charge in [0, 0.05) is 25.8 Å². The van der Waals surface area contributed by atoms with Gasteiger partial charge in [-0.25, -0.2) is 13.4 Å². The van der Waals surface area contributed by atoms with Crippen LogP contribution in [0.2, 0.25) is 0 Å². The van der Waals surface area contributed by atoms with Gasteiger partial charge in [-0.05, 0) is 27.6 Å².